The minimum Gasteiger partial charge on any atom is -0.394 e. The Labute approximate surface area is 213 Å². The van der Waals surface area contributed by atoms with Crippen LogP contribution < -0.4 is 17.0 Å². The average molecular weight is 555 g/mol. The number of imidazole rings is 1. The first-order valence-corrected chi connectivity index (χ1v) is 13.0. The maximum Gasteiger partial charge on any atom is 0.472 e. The number of ether oxygens (including phenoxy) is 2. The number of aliphatic hydroxyl groups excluding tert-OH is 2. The molecule has 0 radical (unpaired) electrons. The molecule has 0 amide bonds. The zero-order chi connectivity index (χ0) is 27.2. The lowest BCUT2D eigenvalue weighted by atomic mass is 9.96. The van der Waals surface area contributed by atoms with Crippen LogP contribution in [0.15, 0.2) is 22.2 Å². The molecular weight excluding hydrogens is 529 g/mol. The van der Waals surface area contributed by atoms with Crippen LogP contribution in [-0.2, 0) is 36.2 Å². The fourth-order valence-corrected chi connectivity index (χ4v) is 5.53. The molecule has 5 heterocycles. The molecule has 1 fully saturated rings. The molecule has 1 saturated heterocycles. The summed E-state index contributed by atoms with van der Waals surface area (Å²) in [6.07, 6.45) is -0.211. The molecular formula is C20H26N7O10P. The molecule has 0 aromatic carbocycles. The second-order valence-electron chi connectivity index (χ2n) is 9.07. The topological polar surface area (TPSA) is 239 Å². The van der Waals surface area contributed by atoms with Gasteiger partial charge in [-0.3, -0.25) is 28.0 Å². The number of nitrogen functional groups attached to an aromatic ring is 1. The van der Waals surface area contributed by atoms with Crippen LogP contribution in [0.4, 0.5) is 5.82 Å². The molecule has 3 aromatic heterocycles. The Balaban J connectivity index is 1.29. The minimum absolute atomic E-state index is 0.0361. The lowest BCUT2D eigenvalue weighted by molar-refractivity contribution is -0.148. The molecule has 17 nitrogen and oxygen atoms in total. The van der Waals surface area contributed by atoms with Gasteiger partial charge in [-0.1, -0.05) is 0 Å². The fraction of sp³-hybridized carbons (Fsp3) is 0.550. The highest BCUT2D eigenvalue weighted by atomic mass is 31.2. The van der Waals surface area contributed by atoms with Crippen molar-refractivity contribution in [3.63, 3.8) is 0 Å². The number of aromatic nitrogens is 6. The van der Waals surface area contributed by atoms with Gasteiger partial charge in [0.1, 0.15) is 42.6 Å². The standard InChI is InChI=1S/C20H26N7O10P/c1-10-11-3-20(5-29,34-9-27(11)19(31)25-18(10)30)6-35-38(32,33)37-12-2-14(36-13(12)4-28)26-8-24-15-16(21)22-7-23-17(15)26/h7-8,12-14,28-29H,2-6,9H2,1H3,(H,32,33)(H2,21,22,23)(H,25,30,31)/t12-,13+,14+,20+/m0/s1. The number of H-pyrrole nitrogens is 1. The summed E-state index contributed by atoms with van der Waals surface area (Å²) in [5.74, 6) is 0.168. The number of phosphoric acid groups is 1. The molecule has 2 aliphatic rings. The molecule has 0 saturated carbocycles. The van der Waals surface area contributed by atoms with E-state index in [1.807, 2.05) is 0 Å². The second kappa shape index (κ2) is 9.94. The second-order valence-corrected chi connectivity index (χ2v) is 10.5. The summed E-state index contributed by atoms with van der Waals surface area (Å²) >= 11 is 0. The first kappa shape index (κ1) is 26.6. The van der Waals surface area contributed by atoms with E-state index in [0.717, 1.165) is 0 Å². The number of rotatable bonds is 8. The highest BCUT2D eigenvalue weighted by Crippen LogP contribution is 2.49. The Morgan fingerprint density at radius 3 is 2.84 bits per heavy atom. The molecule has 0 bridgehead atoms. The predicted molar refractivity (Wildman–Crippen MR) is 127 cm³/mol. The molecule has 1 unspecified atom stereocenters. The maximum absolute atomic E-state index is 12.9. The molecule has 5 atom stereocenters. The van der Waals surface area contributed by atoms with Crippen molar-refractivity contribution in [3.05, 3.63) is 44.8 Å². The minimum atomic E-state index is -4.78. The molecule has 5 rings (SSSR count). The van der Waals surface area contributed by atoms with E-state index in [-0.39, 0.29) is 31.0 Å². The predicted octanol–water partition coefficient (Wildman–Crippen LogP) is -1.69. The van der Waals surface area contributed by atoms with Gasteiger partial charge in [-0.05, 0) is 6.92 Å². The third-order valence-corrected chi connectivity index (χ3v) is 7.65. The molecule has 6 N–H and O–H groups in total. The zero-order valence-corrected chi connectivity index (χ0v) is 21.0. The van der Waals surface area contributed by atoms with E-state index in [4.69, 9.17) is 24.3 Å². The Hall–Kier alpha value is -3.02. The number of hydrogen-bond acceptors (Lipinski definition) is 13. The maximum atomic E-state index is 12.9. The van der Waals surface area contributed by atoms with Crippen LogP contribution in [0.3, 0.4) is 0 Å². The summed E-state index contributed by atoms with van der Waals surface area (Å²) < 4.78 is 37.6. The summed E-state index contributed by atoms with van der Waals surface area (Å²) in [5.41, 5.74) is 4.30. The number of nitrogens with zero attached hydrogens (tertiary/aromatic N) is 5. The fourth-order valence-electron chi connectivity index (χ4n) is 4.50. The van der Waals surface area contributed by atoms with Gasteiger partial charge in [-0.25, -0.2) is 24.3 Å². The van der Waals surface area contributed by atoms with E-state index < -0.39 is 62.9 Å². The van der Waals surface area contributed by atoms with E-state index in [1.54, 1.807) is 4.57 Å². The van der Waals surface area contributed by atoms with E-state index in [2.05, 4.69) is 19.9 Å². The van der Waals surface area contributed by atoms with Crippen molar-refractivity contribution < 1.29 is 38.2 Å². The molecule has 38 heavy (non-hydrogen) atoms. The van der Waals surface area contributed by atoms with Gasteiger partial charge < -0.3 is 30.3 Å². The lowest BCUT2D eigenvalue weighted by Crippen LogP contribution is -2.51. The van der Waals surface area contributed by atoms with Crippen LogP contribution in [0, 0.1) is 6.92 Å². The van der Waals surface area contributed by atoms with Gasteiger partial charge in [-0.2, -0.15) is 0 Å². The molecule has 3 aromatic rings. The third kappa shape index (κ3) is 4.78. The van der Waals surface area contributed by atoms with Crippen molar-refractivity contribution in [2.75, 3.05) is 25.6 Å². The van der Waals surface area contributed by atoms with Crippen LogP contribution >= 0.6 is 7.82 Å². The first-order chi connectivity index (χ1) is 18.1. The van der Waals surface area contributed by atoms with E-state index >= 15 is 0 Å². The largest absolute Gasteiger partial charge is 0.472 e. The first-order valence-electron chi connectivity index (χ1n) is 11.5. The quantitative estimate of drug-likeness (QED) is 0.195. The van der Waals surface area contributed by atoms with Crippen LogP contribution in [-0.4, -0.2) is 81.8 Å². The SMILES string of the molecule is Cc1c2n(c(=O)[nH]c1=O)CO[C@](CO)(COP(=O)(O)O[C@H]1C[C@H](n3cnc4c(N)ncnc43)O[C@@H]1CO)C2. The summed E-state index contributed by atoms with van der Waals surface area (Å²) in [7, 11) is -4.78. The average Bonchev–Trinajstić information content (AvgIpc) is 3.50. The third-order valence-electron chi connectivity index (χ3n) is 6.66. The molecule has 2 aliphatic heterocycles. The molecule has 206 valence electrons. The van der Waals surface area contributed by atoms with Crippen molar-refractivity contribution in [2.24, 2.45) is 0 Å². The van der Waals surface area contributed by atoms with Gasteiger partial charge in [0.25, 0.3) is 5.56 Å². The van der Waals surface area contributed by atoms with Crippen molar-refractivity contribution in [2.45, 2.75) is 50.5 Å². The summed E-state index contributed by atoms with van der Waals surface area (Å²) in [6, 6.07) is 0. The number of phosphoric ester groups is 1. The van der Waals surface area contributed by atoms with Gasteiger partial charge in [0.15, 0.2) is 11.5 Å². The number of hydrogen-bond donors (Lipinski definition) is 5. The van der Waals surface area contributed by atoms with Crippen LogP contribution in [0.5, 0.6) is 0 Å². The Kier molecular flexibility index (Phi) is 6.95. The van der Waals surface area contributed by atoms with Crippen LogP contribution in [0.1, 0.15) is 23.9 Å². The number of aromatic amines is 1. The molecule has 18 heteroatoms. The van der Waals surface area contributed by atoms with Crippen LogP contribution in [0.2, 0.25) is 0 Å². The molecule has 0 spiro atoms. The smallest absolute Gasteiger partial charge is 0.394 e. The van der Waals surface area contributed by atoms with Gasteiger partial charge >= 0.3 is 13.5 Å². The van der Waals surface area contributed by atoms with E-state index in [1.165, 1.54) is 24.1 Å². The van der Waals surface area contributed by atoms with Gasteiger partial charge in [0.05, 0.1) is 26.1 Å². The van der Waals surface area contributed by atoms with E-state index in [9.17, 15) is 29.3 Å². The number of anilines is 1. The highest BCUT2D eigenvalue weighted by Gasteiger charge is 2.44. The summed E-state index contributed by atoms with van der Waals surface area (Å²) in [4.78, 5) is 48.9. The van der Waals surface area contributed by atoms with Gasteiger partial charge in [-0.15, -0.1) is 0 Å². The number of nitrogens with two attached hydrogens (primary N) is 1. The Bertz CT molecular complexity index is 1520. The summed E-state index contributed by atoms with van der Waals surface area (Å²) in [6.45, 7) is -0.563. The Morgan fingerprint density at radius 2 is 2.11 bits per heavy atom. The lowest BCUT2D eigenvalue weighted by Gasteiger charge is -2.37. The van der Waals surface area contributed by atoms with Crippen molar-refractivity contribution in [1.82, 2.24) is 29.1 Å². The van der Waals surface area contributed by atoms with Crippen molar-refractivity contribution in [1.29, 1.82) is 0 Å². The number of nitrogens with one attached hydrogen (secondary N) is 1. The Morgan fingerprint density at radius 1 is 1.32 bits per heavy atom. The highest BCUT2D eigenvalue weighted by molar-refractivity contribution is 7.47. The van der Waals surface area contributed by atoms with Crippen molar-refractivity contribution >= 4 is 24.8 Å². The summed E-state index contributed by atoms with van der Waals surface area (Å²) in [5, 5.41) is 19.8. The monoisotopic (exact) mass is 555 g/mol. The van der Waals surface area contributed by atoms with Crippen LogP contribution in [0.25, 0.3) is 11.2 Å². The normalized spacial score (nSPS) is 26.9. The molecule has 0 aliphatic carbocycles. The van der Waals surface area contributed by atoms with Crippen molar-refractivity contribution in [3.8, 4) is 0 Å². The van der Waals surface area contributed by atoms with Gasteiger partial charge in [0, 0.05) is 24.1 Å². The zero-order valence-electron chi connectivity index (χ0n) is 20.1. The number of fused-ring (bicyclic) bond motifs is 2. The van der Waals surface area contributed by atoms with Gasteiger partial charge in [0.2, 0.25) is 0 Å². The van der Waals surface area contributed by atoms with E-state index in [0.29, 0.717) is 16.9 Å². The number of aliphatic hydroxyl groups is 2.